The number of carbonyl (C=O) groups excluding carboxylic acids is 1. The molecule has 0 radical (unpaired) electrons. The molecule has 5 rings (SSSR count). The summed E-state index contributed by atoms with van der Waals surface area (Å²) < 4.78 is 11.4. The number of hydrogen-bond donors (Lipinski definition) is 3. The molecule has 4 aromatic rings. The van der Waals surface area contributed by atoms with Gasteiger partial charge in [0, 0.05) is 25.3 Å². The molecule has 234 valence electrons. The molecule has 9 nitrogen and oxygen atoms in total. The minimum atomic E-state index is -0.568. The van der Waals surface area contributed by atoms with Crippen molar-refractivity contribution in [3.05, 3.63) is 84.1 Å². The summed E-state index contributed by atoms with van der Waals surface area (Å²) in [5.74, 6) is 1.11. The number of pyridine rings is 1. The van der Waals surface area contributed by atoms with E-state index >= 15 is 0 Å². The number of aliphatic hydroxyl groups excluding tert-OH is 2. The van der Waals surface area contributed by atoms with Gasteiger partial charge in [0.15, 0.2) is 11.9 Å². The van der Waals surface area contributed by atoms with Gasteiger partial charge >= 0.3 is 0 Å². The molecule has 3 heterocycles. The van der Waals surface area contributed by atoms with Crippen LogP contribution in [0.1, 0.15) is 64.0 Å². The zero-order chi connectivity index (χ0) is 31.3. The van der Waals surface area contributed by atoms with Crippen molar-refractivity contribution >= 4 is 22.9 Å². The first-order chi connectivity index (χ1) is 21.3. The summed E-state index contributed by atoms with van der Waals surface area (Å²) in [6.45, 7) is 6.17. The van der Waals surface area contributed by atoms with Crippen LogP contribution in [0.4, 0.5) is 5.82 Å². The Hall–Kier alpha value is -3.76. The van der Waals surface area contributed by atoms with Crippen LogP contribution in [0.2, 0.25) is 0 Å². The Bertz CT molecular complexity index is 1470. The van der Waals surface area contributed by atoms with E-state index in [1.807, 2.05) is 24.3 Å². The lowest BCUT2D eigenvalue weighted by atomic mass is 9.99. The van der Waals surface area contributed by atoms with Crippen LogP contribution in [0.3, 0.4) is 0 Å². The quantitative estimate of drug-likeness (QED) is 0.189. The van der Waals surface area contributed by atoms with Gasteiger partial charge in [-0.25, -0.2) is 9.97 Å². The number of carbonyl (C=O) groups is 1. The van der Waals surface area contributed by atoms with Crippen LogP contribution in [0, 0.1) is 5.92 Å². The molecular weight excluding hydrogens is 556 g/mol. The Labute approximate surface area is 259 Å². The molecule has 0 aliphatic carbocycles. The van der Waals surface area contributed by atoms with Crippen LogP contribution in [0.5, 0.6) is 0 Å². The van der Waals surface area contributed by atoms with E-state index < -0.39 is 18.5 Å². The lowest BCUT2D eigenvalue weighted by molar-refractivity contribution is -0.226. The Morgan fingerprint density at radius 2 is 1.86 bits per heavy atom. The summed E-state index contributed by atoms with van der Waals surface area (Å²) in [6, 6.07) is 21.9. The van der Waals surface area contributed by atoms with Gasteiger partial charge in [0.25, 0.3) is 0 Å². The summed E-state index contributed by atoms with van der Waals surface area (Å²) in [5, 5.41) is 21.8. The number of ether oxygens (including phenoxy) is 2. The fourth-order valence-electron chi connectivity index (χ4n) is 4.97. The third-order valence-electron chi connectivity index (χ3n) is 7.62. The fourth-order valence-corrected chi connectivity index (χ4v) is 4.97. The van der Waals surface area contributed by atoms with Crippen molar-refractivity contribution in [2.24, 2.45) is 5.92 Å². The molecule has 1 amide bonds. The lowest BCUT2D eigenvalue weighted by Crippen LogP contribution is -2.38. The van der Waals surface area contributed by atoms with E-state index in [9.17, 15) is 15.0 Å². The van der Waals surface area contributed by atoms with E-state index in [1.54, 1.807) is 18.3 Å². The van der Waals surface area contributed by atoms with Crippen molar-refractivity contribution in [1.82, 2.24) is 15.0 Å². The van der Waals surface area contributed by atoms with Gasteiger partial charge in [0.05, 0.1) is 37.3 Å². The summed E-state index contributed by atoms with van der Waals surface area (Å²) >= 11 is 0. The van der Waals surface area contributed by atoms with Crippen LogP contribution in [0.15, 0.2) is 72.9 Å². The molecule has 3 N–H and O–H groups in total. The van der Waals surface area contributed by atoms with Crippen molar-refractivity contribution in [3.8, 4) is 11.3 Å². The standard InChI is InChI=1S/C22H24N4O5.C13H20/c1-13(28)24-20-6-5-18-22(26-20)25-19(10-23-18)15-4-2-3-14(7-15)12-30-21-9-16(29)8-17(11-27)31-21;1-3-12(2)8-7-11-13-9-5-4-6-10-13/h2-7,10,16-17,21,27,29H,8-9,11-12H2,1H3,(H,24,25,26,28);4-6,9-10,12H,3,7-8,11H2,1-2H3. The topological polar surface area (TPSA) is 127 Å². The number of fused-ring (bicyclic) bond motifs is 1. The normalized spacial score (nSPS) is 18.7. The fraction of sp³-hybridized carbons (Fsp3) is 0.429. The Morgan fingerprint density at radius 3 is 2.61 bits per heavy atom. The molecule has 9 heteroatoms. The van der Waals surface area contributed by atoms with Crippen LogP contribution in [-0.2, 0) is 27.3 Å². The molecule has 0 bridgehead atoms. The Balaban J connectivity index is 0.000000285. The first kappa shape index (κ1) is 33.1. The molecule has 4 atom stereocenters. The number of amides is 1. The second kappa shape index (κ2) is 16.9. The Morgan fingerprint density at radius 1 is 1.07 bits per heavy atom. The summed E-state index contributed by atoms with van der Waals surface area (Å²) in [6.07, 6.45) is 6.17. The maximum Gasteiger partial charge on any atom is 0.222 e. The number of rotatable bonds is 11. The minimum Gasteiger partial charge on any atom is -0.394 e. The SMILES string of the molecule is CC(=O)Nc1ccc2ncc(-c3cccc(COC4CC(O)CC(CO)O4)c3)nc2n1.CCC(C)CCCc1ccccc1. The average Bonchev–Trinajstić information content (AvgIpc) is 3.03. The maximum atomic E-state index is 11.3. The molecule has 0 spiro atoms. The highest BCUT2D eigenvalue weighted by molar-refractivity contribution is 5.88. The zero-order valence-corrected chi connectivity index (χ0v) is 25.9. The van der Waals surface area contributed by atoms with E-state index in [0.29, 0.717) is 35.5 Å². The predicted molar refractivity (Wildman–Crippen MR) is 172 cm³/mol. The number of aromatic nitrogens is 3. The van der Waals surface area contributed by atoms with Crippen molar-refractivity contribution in [2.75, 3.05) is 11.9 Å². The molecule has 0 saturated carbocycles. The van der Waals surface area contributed by atoms with Crippen LogP contribution < -0.4 is 5.32 Å². The number of anilines is 1. The molecule has 1 saturated heterocycles. The van der Waals surface area contributed by atoms with Gasteiger partial charge in [-0.3, -0.25) is 9.78 Å². The average molecular weight is 601 g/mol. The summed E-state index contributed by atoms with van der Waals surface area (Å²) in [4.78, 5) is 24.6. The number of aliphatic hydroxyl groups is 2. The predicted octanol–water partition coefficient (Wildman–Crippen LogP) is 6.08. The van der Waals surface area contributed by atoms with Gasteiger partial charge < -0.3 is 25.0 Å². The van der Waals surface area contributed by atoms with E-state index in [1.165, 1.54) is 38.2 Å². The van der Waals surface area contributed by atoms with Gasteiger partial charge in [-0.15, -0.1) is 0 Å². The van der Waals surface area contributed by atoms with Crippen LogP contribution >= 0.6 is 0 Å². The van der Waals surface area contributed by atoms with Gasteiger partial charge in [-0.2, -0.15) is 0 Å². The number of hydrogen-bond acceptors (Lipinski definition) is 8. The lowest BCUT2D eigenvalue weighted by Gasteiger charge is -2.32. The zero-order valence-electron chi connectivity index (χ0n) is 25.9. The summed E-state index contributed by atoms with van der Waals surface area (Å²) in [7, 11) is 0. The van der Waals surface area contributed by atoms with E-state index in [0.717, 1.165) is 17.0 Å². The monoisotopic (exact) mass is 600 g/mol. The number of nitrogens with zero attached hydrogens (tertiary/aromatic N) is 3. The number of benzene rings is 2. The highest BCUT2D eigenvalue weighted by Crippen LogP contribution is 2.24. The molecule has 1 aliphatic rings. The molecule has 2 aromatic heterocycles. The number of nitrogens with one attached hydrogen (secondary N) is 1. The van der Waals surface area contributed by atoms with Crippen molar-refractivity contribution in [3.63, 3.8) is 0 Å². The van der Waals surface area contributed by atoms with Gasteiger partial charge in [-0.1, -0.05) is 75.2 Å². The second-order valence-corrected chi connectivity index (χ2v) is 11.4. The number of aryl methyl sites for hydroxylation is 1. The first-order valence-corrected chi connectivity index (χ1v) is 15.4. The van der Waals surface area contributed by atoms with Gasteiger partial charge in [0.2, 0.25) is 5.91 Å². The molecule has 2 aromatic carbocycles. The summed E-state index contributed by atoms with van der Waals surface area (Å²) in [5.41, 5.74) is 4.94. The smallest absolute Gasteiger partial charge is 0.222 e. The van der Waals surface area contributed by atoms with E-state index in [2.05, 4.69) is 64.4 Å². The molecular formula is C35H44N4O5. The van der Waals surface area contributed by atoms with Gasteiger partial charge in [0.1, 0.15) is 11.3 Å². The van der Waals surface area contributed by atoms with Crippen molar-refractivity contribution in [2.45, 2.75) is 84.4 Å². The van der Waals surface area contributed by atoms with Crippen molar-refractivity contribution in [1.29, 1.82) is 0 Å². The van der Waals surface area contributed by atoms with Gasteiger partial charge in [-0.05, 0) is 48.1 Å². The van der Waals surface area contributed by atoms with Crippen LogP contribution in [0.25, 0.3) is 22.4 Å². The second-order valence-electron chi connectivity index (χ2n) is 11.4. The molecule has 44 heavy (non-hydrogen) atoms. The third-order valence-corrected chi connectivity index (χ3v) is 7.62. The van der Waals surface area contributed by atoms with Crippen LogP contribution in [-0.4, -0.2) is 56.2 Å². The molecule has 1 fully saturated rings. The first-order valence-electron chi connectivity index (χ1n) is 15.4. The third kappa shape index (κ3) is 10.4. The molecule has 1 aliphatic heterocycles. The Kier molecular flexibility index (Phi) is 12.7. The largest absolute Gasteiger partial charge is 0.394 e. The minimum absolute atomic E-state index is 0.148. The van der Waals surface area contributed by atoms with E-state index in [-0.39, 0.29) is 19.1 Å². The highest BCUT2D eigenvalue weighted by Gasteiger charge is 2.28. The maximum absolute atomic E-state index is 11.3. The molecule has 4 unspecified atom stereocenters. The highest BCUT2D eigenvalue weighted by atomic mass is 16.7. The van der Waals surface area contributed by atoms with E-state index in [4.69, 9.17) is 9.47 Å². The van der Waals surface area contributed by atoms with Crippen molar-refractivity contribution < 1.29 is 24.5 Å².